The van der Waals surface area contributed by atoms with Gasteiger partial charge in [0.15, 0.2) is 6.29 Å². The molecule has 0 saturated heterocycles. The van der Waals surface area contributed by atoms with Gasteiger partial charge in [0.1, 0.15) is 0 Å². The lowest BCUT2D eigenvalue weighted by atomic mass is 10.3. The highest BCUT2D eigenvalue weighted by atomic mass is 16.5. The molecule has 1 atom stereocenters. The van der Waals surface area contributed by atoms with Crippen LogP contribution in [-0.2, 0) is 0 Å². The molecule has 0 amide bonds. The summed E-state index contributed by atoms with van der Waals surface area (Å²) in [5.41, 5.74) is 0. The van der Waals surface area contributed by atoms with E-state index in [2.05, 4.69) is 5.32 Å². The van der Waals surface area contributed by atoms with Crippen LogP contribution < -0.4 is 5.32 Å². The van der Waals surface area contributed by atoms with E-state index >= 15 is 0 Å². The van der Waals surface area contributed by atoms with Crippen molar-refractivity contribution in [2.45, 2.75) is 18.8 Å². The number of aliphatic hydroxyl groups is 4. The first-order valence-corrected chi connectivity index (χ1v) is 3.52. The highest BCUT2D eigenvalue weighted by molar-refractivity contribution is 4.56. The Morgan fingerprint density at radius 1 is 1.18 bits per heavy atom. The fourth-order valence-electron chi connectivity index (χ4n) is 0.564. The van der Waals surface area contributed by atoms with Crippen molar-refractivity contribution in [3.05, 3.63) is 0 Å². The van der Waals surface area contributed by atoms with E-state index in [1.807, 2.05) is 0 Å². The maximum absolute atomic E-state index is 8.79. The summed E-state index contributed by atoms with van der Waals surface area (Å²) in [5, 5.41) is 36.6. The summed E-state index contributed by atoms with van der Waals surface area (Å²) in [4.78, 5) is 0. The van der Waals surface area contributed by atoms with E-state index in [1.54, 1.807) is 0 Å². The molecule has 0 fully saturated rings. The van der Waals surface area contributed by atoms with Crippen molar-refractivity contribution in [1.82, 2.24) is 5.32 Å². The zero-order valence-electron chi connectivity index (χ0n) is 6.27. The maximum atomic E-state index is 8.79. The lowest BCUT2D eigenvalue weighted by Crippen LogP contribution is -2.31. The number of nitrogens with one attached hydrogen (secondary N) is 1. The Kier molecular flexibility index (Phi) is 6.39. The number of rotatable bonds is 6. The Bertz CT molecular complexity index is 88.7. The van der Waals surface area contributed by atoms with E-state index in [4.69, 9.17) is 20.4 Å². The first-order valence-electron chi connectivity index (χ1n) is 3.52. The third kappa shape index (κ3) is 7.70. The largest absolute Gasteiger partial charge is 0.394 e. The standard InChI is InChI=1S/C6H15NO4/c8-4-5(9)3-7-2-1-6(10)11/h5-11H,1-4H2. The minimum Gasteiger partial charge on any atom is -0.394 e. The summed E-state index contributed by atoms with van der Waals surface area (Å²) >= 11 is 0. The predicted molar refractivity (Wildman–Crippen MR) is 38.8 cm³/mol. The molecule has 0 aliphatic carbocycles. The van der Waals surface area contributed by atoms with Gasteiger partial charge >= 0.3 is 0 Å². The van der Waals surface area contributed by atoms with E-state index in [0.29, 0.717) is 6.54 Å². The lowest BCUT2D eigenvalue weighted by Gasteiger charge is -2.08. The monoisotopic (exact) mass is 165 g/mol. The molecule has 0 aliphatic rings. The Morgan fingerprint density at radius 2 is 1.82 bits per heavy atom. The summed E-state index contributed by atoms with van der Waals surface area (Å²) in [6, 6.07) is 0. The molecule has 0 aromatic heterocycles. The zero-order chi connectivity index (χ0) is 8.69. The minimum atomic E-state index is -1.31. The van der Waals surface area contributed by atoms with Gasteiger partial charge in [0, 0.05) is 19.5 Å². The molecule has 11 heavy (non-hydrogen) atoms. The maximum Gasteiger partial charge on any atom is 0.152 e. The quantitative estimate of drug-likeness (QED) is 0.224. The molecule has 0 saturated carbocycles. The van der Waals surface area contributed by atoms with Crippen LogP contribution >= 0.6 is 0 Å². The molecule has 0 heterocycles. The third-order valence-corrected chi connectivity index (χ3v) is 1.17. The number of hydrogen-bond donors (Lipinski definition) is 5. The second-order valence-electron chi connectivity index (χ2n) is 2.31. The Morgan fingerprint density at radius 3 is 2.27 bits per heavy atom. The minimum absolute atomic E-state index is 0.220. The zero-order valence-corrected chi connectivity index (χ0v) is 6.27. The number of aliphatic hydroxyl groups excluding tert-OH is 3. The molecule has 0 aromatic rings. The van der Waals surface area contributed by atoms with E-state index in [9.17, 15) is 0 Å². The van der Waals surface area contributed by atoms with Crippen molar-refractivity contribution in [3.8, 4) is 0 Å². The highest BCUT2D eigenvalue weighted by Gasteiger charge is 2.01. The van der Waals surface area contributed by atoms with Crippen molar-refractivity contribution in [2.75, 3.05) is 19.7 Å². The molecular formula is C6H15NO4. The van der Waals surface area contributed by atoms with Crippen molar-refractivity contribution in [1.29, 1.82) is 0 Å². The summed E-state index contributed by atoms with van der Waals surface area (Å²) < 4.78 is 0. The van der Waals surface area contributed by atoms with Gasteiger partial charge in [-0.25, -0.2) is 0 Å². The van der Waals surface area contributed by atoms with Gasteiger partial charge in [0.25, 0.3) is 0 Å². The average molecular weight is 165 g/mol. The molecule has 5 heteroatoms. The fraction of sp³-hybridized carbons (Fsp3) is 1.00. The van der Waals surface area contributed by atoms with Crippen molar-refractivity contribution >= 4 is 0 Å². The predicted octanol–water partition coefficient (Wildman–Crippen LogP) is -2.37. The summed E-state index contributed by atoms with van der Waals surface area (Å²) in [7, 11) is 0. The molecular weight excluding hydrogens is 150 g/mol. The summed E-state index contributed by atoms with van der Waals surface area (Å²) in [6.45, 7) is 0.395. The van der Waals surface area contributed by atoms with Crippen LogP contribution in [0, 0.1) is 0 Å². The van der Waals surface area contributed by atoms with Crippen LogP contribution in [0.15, 0.2) is 0 Å². The van der Waals surface area contributed by atoms with E-state index < -0.39 is 12.4 Å². The van der Waals surface area contributed by atoms with Crippen molar-refractivity contribution < 1.29 is 20.4 Å². The number of hydrogen-bond acceptors (Lipinski definition) is 5. The smallest absolute Gasteiger partial charge is 0.152 e. The summed E-state index contributed by atoms with van der Waals surface area (Å²) in [5.74, 6) is 0. The van der Waals surface area contributed by atoms with Crippen LogP contribution in [0.3, 0.4) is 0 Å². The van der Waals surface area contributed by atoms with Crippen LogP contribution in [-0.4, -0.2) is 52.5 Å². The van der Waals surface area contributed by atoms with Crippen LogP contribution in [0.5, 0.6) is 0 Å². The molecule has 0 spiro atoms. The normalized spacial score (nSPS) is 13.9. The van der Waals surface area contributed by atoms with Crippen LogP contribution in [0.2, 0.25) is 0 Å². The Balaban J connectivity index is 3.01. The molecule has 5 N–H and O–H groups in total. The molecule has 0 radical (unpaired) electrons. The molecule has 5 nitrogen and oxygen atoms in total. The van der Waals surface area contributed by atoms with Gasteiger partial charge in [-0.2, -0.15) is 0 Å². The fourth-order valence-corrected chi connectivity index (χ4v) is 0.564. The van der Waals surface area contributed by atoms with Gasteiger partial charge in [0.05, 0.1) is 12.7 Å². The van der Waals surface area contributed by atoms with Gasteiger partial charge in [-0.3, -0.25) is 0 Å². The SMILES string of the molecule is OCC(O)CNCCC(O)O. The van der Waals surface area contributed by atoms with Crippen LogP contribution in [0.4, 0.5) is 0 Å². The van der Waals surface area contributed by atoms with E-state index in [1.165, 1.54) is 0 Å². The Hall–Kier alpha value is -0.200. The highest BCUT2D eigenvalue weighted by Crippen LogP contribution is 1.83. The third-order valence-electron chi connectivity index (χ3n) is 1.17. The van der Waals surface area contributed by atoms with Gasteiger partial charge in [-0.1, -0.05) is 0 Å². The second kappa shape index (κ2) is 6.51. The van der Waals surface area contributed by atoms with Crippen LogP contribution in [0.25, 0.3) is 0 Å². The molecule has 0 aliphatic heterocycles. The van der Waals surface area contributed by atoms with Gasteiger partial charge in [-0.15, -0.1) is 0 Å². The van der Waals surface area contributed by atoms with Crippen LogP contribution in [0.1, 0.15) is 6.42 Å². The van der Waals surface area contributed by atoms with Gasteiger partial charge in [0.2, 0.25) is 0 Å². The first-order chi connectivity index (χ1) is 5.16. The molecule has 68 valence electrons. The lowest BCUT2D eigenvalue weighted by molar-refractivity contribution is -0.0448. The van der Waals surface area contributed by atoms with Crippen molar-refractivity contribution in [3.63, 3.8) is 0 Å². The summed E-state index contributed by atoms with van der Waals surface area (Å²) in [6.07, 6.45) is -1.86. The van der Waals surface area contributed by atoms with Crippen molar-refractivity contribution in [2.24, 2.45) is 0 Å². The van der Waals surface area contributed by atoms with E-state index in [0.717, 1.165) is 0 Å². The first kappa shape index (κ1) is 10.8. The molecule has 0 aromatic carbocycles. The van der Waals surface area contributed by atoms with Gasteiger partial charge < -0.3 is 25.7 Å². The molecule has 0 rings (SSSR count). The van der Waals surface area contributed by atoms with Gasteiger partial charge in [-0.05, 0) is 0 Å². The molecule has 1 unspecified atom stereocenters. The second-order valence-corrected chi connectivity index (χ2v) is 2.31. The molecule has 0 bridgehead atoms. The topological polar surface area (TPSA) is 93.0 Å². The average Bonchev–Trinajstić information content (AvgIpc) is 1.97. The Labute approximate surface area is 65.3 Å². The van der Waals surface area contributed by atoms with E-state index in [-0.39, 0.29) is 19.6 Å².